The molecule has 0 aliphatic rings. The summed E-state index contributed by atoms with van der Waals surface area (Å²) >= 11 is 0. The van der Waals surface area contributed by atoms with Crippen LogP contribution >= 0.6 is 0 Å². The minimum absolute atomic E-state index is 0.391. The predicted molar refractivity (Wildman–Crippen MR) is 70.8 cm³/mol. The monoisotopic (exact) mass is 261 g/mol. The molecule has 0 bridgehead atoms. The summed E-state index contributed by atoms with van der Waals surface area (Å²) in [5.41, 5.74) is 7.96. The molecule has 0 saturated carbocycles. The van der Waals surface area contributed by atoms with E-state index in [0.717, 1.165) is 11.5 Å². The van der Waals surface area contributed by atoms with E-state index >= 15 is 0 Å². The first-order valence-corrected chi connectivity index (χ1v) is 5.74. The number of hydrogen-bond donors (Lipinski definition) is 2. The third kappa shape index (κ3) is 3.04. The third-order valence-corrected chi connectivity index (χ3v) is 2.59. The van der Waals surface area contributed by atoms with Crippen molar-refractivity contribution in [1.82, 2.24) is 5.16 Å². The number of nitrogens with one attached hydrogen (secondary N) is 1. The molecule has 19 heavy (non-hydrogen) atoms. The molecule has 0 fully saturated rings. The van der Waals surface area contributed by atoms with Crippen molar-refractivity contribution < 1.29 is 14.1 Å². The number of aryl methyl sites for hydroxylation is 1. The molecule has 100 valence electrons. The number of ether oxygens (including phenoxy) is 1. The van der Waals surface area contributed by atoms with E-state index in [4.69, 9.17) is 15.0 Å². The Morgan fingerprint density at radius 1 is 1.47 bits per heavy atom. The maximum Gasteiger partial charge on any atom is 0.340 e. The van der Waals surface area contributed by atoms with Gasteiger partial charge in [0.05, 0.1) is 19.2 Å². The van der Waals surface area contributed by atoms with Gasteiger partial charge in [-0.3, -0.25) is 0 Å². The van der Waals surface area contributed by atoms with Crippen LogP contribution in [0.3, 0.4) is 0 Å². The van der Waals surface area contributed by atoms with Gasteiger partial charge in [-0.2, -0.15) is 0 Å². The predicted octanol–water partition coefficient (Wildman–Crippen LogP) is 1.96. The molecule has 6 heteroatoms. The quantitative estimate of drug-likeness (QED) is 0.646. The number of nitrogens with zero attached hydrogens (tertiary/aromatic N) is 1. The van der Waals surface area contributed by atoms with E-state index in [1.54, 1.807) is 18.2 Å². The first-order valence-electron chi connectivity index (χ1n) is 5.74. The van der Waals surface area contributed by atoms with Crippen molar-refractivity contribution in [2.75, 3.05) is 18.2 Å². The van der Waals surface area contributed by atoms with Gasteiger partial charge in [0.1, 0.15) is 11.5 Å². The molecule has 3 N–H and O–H groups in total. The summed E-state index contributed by atoms with van der Waals surface area (Å²) in [5, 5.41) is 6.97. The summed E-state index contributed by atoms with van der Waals surface area (Å²) in [6.45, 7) is 2.27. The van der Waals surface area contributed by atoms with Crippen LogP contribution in [0.2, 0.25) is 0 Å². The lowest BCUT2D eigenvalue weighted by Crippen LogP contribution is -2.09. The fraction of sp³-hybridized carbons (Fsp3) is 0.231. The zero-order valence-corrected chi connectivity index (χ0v) is 10.8. The molecule has 0 atom stereocenters. The number of esters is 1. The van der Waals surface area contributed by atoms with Gasteiger partial charge in [0.25, 0.3) is 0 Å². The van der Waals surface area contributed by atoms with Gasteiger partial charge in [-0.05, 0) is 25.1 Å². The molecule has 0 unspecified atom stereocenters. The molecular formula is C13H15N3O3. The van der Waals surface area contributed by atoms with E-state index in [-0.39, 0.29) is 0 Å². The number of nitrogen functional groups attached to an aromatic ring is 1. The molecule has 2 aromatic rings. The lowest BCUT2D eigenvalue weighted by atomic mass is 10.1. The summed E-state index contributed by atoms with van der Waals surface area (Å²) in [6, 6.07) is 6.83. The number of rotatable bonds is 4. The summed E-state index contributed by atoms with van der Waals surface area (Å²) in [4.78, 5) is 11.7. The second-order valence-electron chi connectivity index (χ2n) is 4.08. The average molecular weight is 261 g/mol. The Labute approximate surface area is 110 Å². The van der Waals surface area contributed by atoms with Crippen molar-refractivity contribution in [3.63, 3.8) is 0 Å². The van der Waals surface area contributed by atoms with Crippen LogP contribution in [0, 0.1) is 6.92 Å². The van der Waals surface area contributed by atoms with Gasteiger partial charge in [0.2, 0.25) is 0 Å². The number of nitrogens with two attached hydrogens (primary N) is 1. The van der Waals surface area contributed by atoms with E-state index in [1.807, 2.05) is 13.0 Å². The van der Waals surface area contributed by atoms with Gasteiger partial charge in [-0.25, -0.2) is 4.79 Å². The molecule has 1 aromatic carbocycles. The van der Waals surface area contributed by atoms with Crippen LogP contribution in [0.5, 0.6) is 0 Å². The zero-order valence-electron chi connectivity index (χ0n) is 10.8. The number of carbonyl (C=O) groups is 1. The molecule has 0 aliphatic carbocycles. The molecule has 1 heterocycles. The molecule has 6 nitrogen and oxygen atoms in total. The summed E-state index contributed by atoms with van der Waals surface area (Å²) in [5.74, 6) is 0.299. The Morgan fingerprint density at radius 3 is 2.89 bits per heavy atom. The maximum atomic E-state index is 11.7. The number of methoxy groups -OCH3 is 1. The Morgan fingerprint density at radius 2 is 2.26 bits per heavy atom. The van der Waals surface area contributed by atoms with Gasteiger partial charge in [-0.1, -0.05) is 5.16 Å². The van der Waals surface area contributed by atoms with Crippen LogP contribution in [-0.2, 0) is 11.3 Å². The molecule has 0 saturated heterocycles. The average Bonchev–Trinajstić information content (AvgIpc) is 2.82. The minimum atomic E-state index is -0.439. The van der Waals surface area contributed by atoms with Crippen molar-refractivity contribution in [3.05, 3.63) is 41.3 Å². The van der Waals surface area contributed by atoms with Gasteiger partial charge >= 0.3 is 5.97 Å². The summed E-state index contributed by atoms with van der Waals surface area (Å²) in [7, 11) is 1.33. The van der Waals surface area contributed by atoms with Crippen LogP contribution < -0.4 is 11.1 Å². The van der Waals surface area contributed by atoms with Gasteiger partial charge in [0.15, 0.2) is 0 Å². The smallest absolute Gasteiger partial charge is 0.340 e. The minimum Gasteiger partial charge on any atom is -0.465 e. The van der Waals surface area contributed by atoms with Crippen molar-refractivity contribution in [2.45, 2.75) is 13.5 Å². The van der Waals surface area contributed by atoms with E-state index in [0.29, 0.717) is 23.5 Å². The van der Waals surface area contributed by atoms with Crippen LogP contribution in [0.1, 0.15) is 21.8 Å². The second-order valence-corrected chi connectivity index (χ2v) is 4.08. The number of benzene rings is 1. The lowest BCUT2D eigenvalue weighted by Gasteiger charge is -2.10. The van der Waals surface area contributed by atoms with Crippen molar-refractivity contribution >= 4 is 17.3 Å². The third-order valence-electron chi connectivity index (χ3n) is 2.59. The van der Waals surface area contributed by atoms with Crippen LogP contribution in [-0.4, -0.2) is 18.2 Å². The largest absolute Gasteiger partial charge is 0.465 e. The highest BCUT2D eigenvalue weighted by atomic mass is 16.5. The zero-order chi connectivity index (χ0) is 13.8. The van der Waals surface area contributed by atoms with Gasteiger partial charge in [0, 0.05) is 17.4 Å². The molecule has 1 aromatic heterocycles. The van der Waals surface area contributed by atoms with Crippen molar-refractivity contribution in [3.8, 4) is 0 Å². The number of hydrogen-bond acceptors (Lipinski definition) is 6. The summed E-state index contributed by atoms with van der Waals surface area (Å²) < 4.78 is 9.69. The Balaban J connectivity index is 2.17. The maximum absolute atomic E-state index is 11.7. The molecule has 0 amide bonds. The van der Waals surface area contributed by atoms with E-state index < -0.39 is 5.97 Å². The molecule has 2 rings (SSSR count). The van der Waals surface area contributed by atoms with E-state index in [1.165, 1.54) is 7.11 Å². The fourth-order valence-electron chi connectivity index (χ4n) is 1.68. The van der Waals surface area contributed by atoms with E-state index in [2.05, 4.69) is 10.5 Å². The standard InChI is InChI=1S/C13H15N3O3/c1-8-5-10(16-19-8)7-15-12-4-3-9(14)6-11(12)13(17)18-2/h3-6,15H,7,14H2,1-2H3. The Kier molecular flexibility index (Phi) is 3.70. The highest BCUT2D eigenvalue weighted by Gasteiger charge is 2.12. The van der Waals surface area contributed by atoms with Crippen molar-refractivity contribution in [1.29, 1.82) is 0 Å². The fourth-order valence-corrected chi connectivity index (χ4v) is 1.68. The lowest BCUT2D eigenvalue weighted by molar-refractivity contribution is 0.0602. The second kappa shape index (κ2) is 5.43. The van der Waals surface area contributed by atoms with Crippen LogP contribution in [0.4, 0.5) is 11.4 Å². The molecule has 0 spiro atoms. The molecular weight excluding hydrogens is 246 g/mol. The first kappa shape index (κ1) is 12.9. The van der Waals surface area contributed by atoms with E-state index in [9.17, 15) is 4.79 Å². The first-order chi connectivity index (χ1) is 9.10. The van der Waals surface area contributed by atoms with Crippen molar-refractivity contribution in [2.24, 2.45) is 0 Å². The number of aromatic nitrogens is 1. The van der Waals surface area contributed by atoms with Crippen LogP contribution in [0.15, 0.2) is 28.8 Å². The van der Waals surface area contributed by atoms with Crippen LogP contribution in [0.25, 0.3) is 0 Å². The molecule has 0 aliphatic heterocycles. The highest BCUT2D eigenvalue weighted by Crippen LogP contribution is 2.20. The highest BCUT2D eigenvalue weighted by molar-refractivity contribution is 5.96. The van der Waals surface area contributed by atoms with Gasteiger partial charge < -0.3 is 20.3 Å². The van der Waals surface area contributed by atoms with Gasteiger partial charge in [-0.15, -0.1) is 0 Å². The SMILES string of the molecule is COC(=O)c1cc(N)ccc1NCc1cc(C)on1. The number of anilines is 2. The Hall–Kier alpha value is -2.50. The Bertz CT molecular complexity index is 593. The topological polar surface area (TPSA) is 90.4 Å². The normalized spacial score (nSPS) is 10.2. The summed E-state index contributed by atoms with van der Waals surface area (Å²) in [6.07, 6.45) is 0. The number of carbonyl (C=O) groups excluding carboxylic acids is 1. The molecule has 0 radical (unpaired) electrons.